The van der Waals surface area contributed by atoms with Gasteiger partial charge in [-0.3, -0.25) is 4.79 Å². The van der Waals surface area contributed by atoms with Crippen LogP contribution < -0.4 is 14.2 Å². The molecule has 1 heterocycles. The highest BCUT2D eigenvalue weighted by atomic mass is 79.9. The number of carbonyl (C=O) groups excluding carboxylic acids is 1. The molecule has 1 aromatic rings. The van der Waals surface area contributed by atoms with E-state index in [1.54, 1.807) is 6.07 Å². The second kappa shape index (κ2) is 3.49. The summed E-state index contributed by atoms with van der Waals surface area (Å²) in [5.74, 6) is 1.47. The summed E-state index contributed by atoms with van der Waals surface area (Å²) in [7, 11) is 1.48. The Morgan fingerprint density at radius 1 is 1.57 bits per heavy atom. The van der Waals surface area contributed by atoms with Crippen molar-refractivity contribution >= 4 is 22.2 Å². The van der Waals surface area contributed by atoms with Gasteiger partial charge in [-0.15, -0.1) is 0 Å². The lowest BCUT2D eigenvalue weighted by Gasteiger charge is -2.08. The predicted molar refractivity (Wildman–Crippen MR) is 52.2 cm³/mol. The van der Waals surface area contributed by atoms with E-state index in [1.165, 1.54) is 7.11 Å². The number of ether oxygens (including phenoxy) is 3. The largest absolute Gasteiger partial charge is 0.492 e. The maximum Gasteiger partial charge on any atom is 0.231 e. The van der Waals surface area contributed by atoms with Crippen molar-refractivity contribution in [1.82, 2.24) is 0 Å². The summed E-state index contributed by atoms with van der Waals surface area (Å²) in [5, 5.41) is 0. The van der Waals surface area contributed by atoms with Crippen molar-refractivity contribution in [3.63, 3.8) is 0 Å². The van der Waals surface area contributed by atoms with E-state index in [-0.39, 0.29) is 6.79 Å². The first-order valence-corrected chi connectivity index (χ1v) is 4.68. The molecular formula is C9H7BrO4. The van der Waals surface area contributed by atoms with Crippen molar-refractivity contribution in [3.05, 3.63) is 16.1 Å². The zero-order valence-corrected chi connectivity index (χ0v) is 8.96. The Hall–Kier alpha value is -1.23. The number of hydrogen-bond acceptors (Lipinski definition) is 4. The molecule has 0 radical (unpaired) electrons. The fourth-order valence-corrected chi connectivity index (χ4v) is 1.79. The van der Waals surface area contributed by atoms with Gasteiger partial charge >= 0.3 is 0 Å². The van der Waals surface area contributed by atoms with Gasteiger partial charge in [0.05, 0.1) is 12.7 Å². The second-order valence-electron chi connectivity index (χ2n) is 2.66. The molecule has 0 spiro atoms. The highest BCUT2D eigenvalue weighted by Crippen LogP contribution is 2.45. The van der Waals surface area contributed by atoms with Gasteiger partial charge in [-0.2, -0.15) is 0 Å². The molecule has 0 saturated heterocycles. The minimum absolute atomic E-state index is 0.153. The molecule has 1 aliphatic rings. The fraction of sp³-hybridized carbons (Fsp3) is 0.222. The first-order valence-electron chi connectivity index (χ1n) is 3.89. The predicted octanol–water partition coefficient (Wildman–Crippen LogP) is 2.00. The fourth-order valence-electron chi connectivity index (χ4n) is 1.31. The van der Waals surface area contributed by atoms with Crippen LogP contribution in [0.25, 0.3) is 0 Å². The zero-order chi connectivity index (χ0) is 10.1. The number of rotatable bonds is 2. The number of halogens is 1. The smallest absolute Gasteiger partial charge is 0.231 e. The lowest BCUT2D eigenvalue weighted by atomic mass is 10.2. The van der Waals surface area contributed by atoms with E-state index in [2.05, 4.69) is 15.9 Å². The Balaban J connectivity index is 2.68. The van der Waals surface area contributed by atoms with E-state index in [4.69, 9.17) is 14.2 Å². The molecule has 0 aliphatic carbocycles. The van der Waals surface area contributed by atoms with Crippen LogP contribution in [0, 0.1) is 0 Å². The maximum atomic E-state index is 10.8. The van der Waals surface area contributed by atoms with Gasteiger partial charge in [0.15, 0.2) is 17.8 Å². The van der Waals surface area contributed by atoms with Crippen molar-refractivity contribution in [2.24, 2.45) is 0 Å². The number of carbonyl (C=O) groups is 1. The van der Waals surface area contributed by atoms with Gasteiger partial charge in [0.25, 0.3) is 0 Å². The summed E-state index contributed by atoms with van der Waals surface area (Å²) >= 11 is 3.25. The number of aldehydes is 1. The summed E-state index contributed by atoms with van der Waals surface area (Å²) in [5.41, 5.74) is 0.428. The van der Waals surface area contributed by atoms with Crippen LogP contribution in [0.1, 0.15) is 10.4 Å². The Bertz CT molecular complexity index is 389. The second-order valence-corrected chi connectivity index (χ2v) is 3.51. The molecule has 0 bridgehead atoms. The third kappa shape index (κ3) is 1.24. The van der Waals surface area contributed by atoms with E-state index in [0.717, 1.165) is 0 Å². The van der Waals surface area contributed by atoms with Crippen LogP contribution in [-0.2, 0) is 0 Å². The molecule has 0 atom stereocenters. The summed E-state index contributed by atoms with van der Waals surface area (Å²) in [6, 6.07) is 1.69. The molecular weight excluding hydrogens is 252 g/mol. The molecule has 0 amide bonds. The molecule has 1 aromatic carbocycles. The van der Waals surface area contributed by atoms with Gasteiger partial charge in [0, 0.05) is 4.47 Å². The van der Waals surface area contributed by atoms with Gasteiger partial charge in [-0.1, -0.05) is 0 Å². The standard InChI is InChI=1S/C9H7BrO4/c1-12-8-5(3-11)6(10)2-7-9(8)14-4-13-7/h2-3H,4H2,1H3. The number of hydrogen-bond donors (Lipinski definition) is 0. The van der Waals surface area contributed by atoms with Gasteiger partial charge in [-0.05, 0) is 22.0 Å². The van der Waals surface area contributed by atoms with Crippen LogP contribution in [-0.4, -0.2) is 20.2 Å². The van der Waals surface area contributed by atoms with E-state index in [9.17, 15) is 4.79 Å². The van der Waals surface area contributed by atoms with Crippen molar-refractivity contribution in [2.45, 2.75) is 0 Å². The average Bonchev–Trinajstić information content (AvgIpc) is 2.62. The summed E-state index contributed by atoms with van der Waals surface area (Å²) in [6.07, 6.45) is 0.713. The molecule has 14 heavy (non-hydrogen) atoms. The average molecular weight is 259 g/mol. The van der Waals surface area contributed by atoms with Gasteiger partial charge < -0.3 is 14.2 Å². The number of methoxy groups -OCH3 is 1. The summed E-state index contributed by atoms with van der Waals surface area (Å²) in [6.45, 7) is 0.153. The van der Waals surface area contributed by atoms with Crippen molar-refractivity contribution < 1.29 is 19.0 Å². The topological polar surface area (TPSA) is 44.8 Å². The zero-order valence-electron chi connectivity index (χ0n) is 7.37. The molecule has 0 saturated carbocycles. The van der Waals surface area contributed by atoms with E-state index in [0.29, 0.717) is 33.6 Å². The quantitative estimate of drug-likeness (QED) is 0.762. The molecule has 2 rings (SSSR count). The minimum atomic E-state index is 0.153. The van der Waals surface area contributed by atoms with Crippen LogP contribution in [0.15, 0.2) is 10.5 Å². The molecule has 1 aliphatic heterocycles. The first-order chi connectivity index (χ1) is 6.77. The van der Waals surface area contributed by atoms with Crippen LogP contribution in [0.2, 0.25) is 0 Å². The van der Waals surface area contributed by atoms with Gasteiger partial charge in [0.2, 0.25) is 12.5 Å². The molecule has 4 nitrogen and oxygen atoms in total. The molecule has 0 N–H and O–H groups in total. The maximum absolute atomic E-state index is 10.8. The van der Waals surface area contributed by atoms with Crippen LogP contribution in [0.3, 0.4) is 0 Å². The molecule has 0 aromatic heterocycles. The van der Waals surface area contributed by atoms with E-state index >= 15 is 0 Å². The third-order valence-electron chi connectivity index (χ3n) is 1.93. The van der Waals surface area contributed by atoms with Crippen LogP contribution in [0.4, 0.5) is 0 Å². The third-order valence-corrected chi connectivity index (χ3v) is 2.59. The lowest BCUT2D eigenvalue weighted by molar-refractivity contribution is 0.111. The summed E-state index contributed by atoms with van der Waals surface area (Å²) < 4.78 is 16.1. The molecule has 74 valence electrons. The van der Waals surface area contributed by atoms with Gasteiger partial charge in [-0.25, -0.2) is 0 Å². The van der Waals surface area contributed by atoms with Crippen molar-refractivity contribution in [2.75, 3.05) is 13.9 Å². The van der Waals surface area contributed by atoms with Crippen LogP contribution >= 0.6 is 15.9 Å². The minimum Gasteiger partial charge on any atom is -0.492 e. The van der Waals surface area contributed by atoms with Crippen molar-refractivity contribution in [1.29, 1.82) is 0 Å². The summed E-state index contributed by atoms with van der Waals surface area (Å²) in [4.78, 5) is 10.8. The lowest BCUT2D eigenvalue weighted by Crippen LogP contribution is -1.95. The van der Waals surface area contributed by atoms with E-state index in [1.807, 2.05) is 0 Å². The number of fused-ring (bicyclic) bond motifs is 1. The highest BCUT2D eigenvalue weighted by Gasteiger charge is 2.24. The van der Waals surface area contributed by atoms with Crippen LogP contribution in [0.5, 0.6) is 17.2 Å². The Labute approximate surface area is 88.9 Å². The normalized spacial score (nSPS) is 12.7. The Kier molecular flexibility index (Phi) is 2.33. The van der Waals surface area contributed by atoms with Crippen molar-refractivity contribution in [3.8, 4) is 17.2 Å². The number of benzene rings is 1. The molecule has 0 unspecified atom stereocenters. The van der Waals surface area contributed by atoms with Gasteiger partial charge in [0.1, 0.15) is 0 Å². The Morgan fingerprint density at radius 2 is 2.36 bits per heavy atom. The first kappa shape index (κ1) is 9.33. The highest BCUT2D eigenvalue weighted by molar-refractivity contribution is 9.10. The van der Waals surface area contributed by atoms with E-state index < -0.39 is 0 Å². The monoisotopic (exact) mass is 258 g/mol. The Morgan fingerprint density at radius 3 is 3.00 bits per heavy atom. The molecule has 5 heteroatoms. The SMILES string of the molecule is COc1c(C=O)c(Br)cc2c1OCO2. The molecule has 0 fully saturated rings.